The highest BCUT2D eigenvalue weighted by Crippen LogP contribution is 2.31. The topological polar surface area (TPSA) is 38.7 Å². The third-order valence-electron chi connectivity index (χ3n) is 1.74. The Kier molecular flexibility index (Phi) is 1.26. The lowest BCUT2D eigenvalue weighted by Crippen LogP contribution is -1.82. The van der Waals surface area contributed by atoms with Gasteiger partial charge in [0.15, 0.2) is 5.75 Å². The smallest absolute Gasteiger partial charge is 0.171 e. The maximum absolute atomic E-state index is 9.27. The van der Waals surface area contributed by atoms with Crippen molar-refractivity contribution >= 4 is 0 Å². The van der Waals surface area contributed by atoms with E-state index in [9.17, 15) is 5.11 Å². The second-order valence-electron chi connectivity index (χ2n) is 2.59. The van der Waals surface area contributed by atoms with Crippen molar-refractivity contribution in [3.8, 4) is 11.5 Å². The molecule has 0 bridgehead atoms. The van der Waals surface area contributed by atoms with Gasteiger partial charge in [0.05, 0.1) is 0 Å². The zero-order valence-electron chi connectivity index (χ0n) is 6.13. The highest BCUT2D eigenvalue weighted by Gasteiger charge is 2.15. The number of rotatable bonds is 0. The molecule has 0 aliphatic carbocycles. The van der Waals surface area contributed by atoms with Crippen LogP contribution >= 0.6 is 0 Å². The van der Waals surface area contributed by atoms with E-state index in [0.29, 0.717) is 12.4 Å². The molecular formula is C8H8O3. The summed E-state index contributed by atoms with van der Waals surface area (Å²) in [4.78, 5) is 9.54. The lowest BCUT2D eigenvalue weighted by molar-refractivity contribution is -0.194. The largest absolute Gasteiger partial charge is 0.508 e. The van der Waals surface area contributed by atoms with Gasteiger partial charge in [-0.05, 0) is 24.6 Å². The second kappa shape index (κ2) is 2.13. The number of benzene rings is 1. The maximum atomic E-state index is 9.27. The summed E-state index contributed by atoms with van der Waals surface area (Å²) in [6.45, 7) is 2.24. The molecule has 3 nitrogen and oxygen atoms in total. The molecule has 0 aromatic heterocycles. The molecule has 0 amide bonds. The minimum Gasteiger partial charge on any atom is -0.508 e. The van der Waals surface area contributed by atoms with Gasteiger partial charge in [-0.15, -0.1) is 0 Å². The summed E-state index contributed by atoms with van der Waals surface area (Å²) in [6.07, 6.45) is 0. The van der Waals surface area contributed by atoms with Crippen LogP contribution in [0.5, 0.6) is 11.5 Å². The molecule has 0 saturated heterocycles. The number of fused-ring (bicyclic) bond motifs is 1. The molecule has 1 aliphatic rings. The molecule has 1 N–H and O–H groups in total. The molecule has 0 spiro atoms. The average Bonchev–Trinajstić information content (AvgIpc) is 2.36. The van der Waals surface area contributed by atoms with E-state index in [4.69, 9.17) is 9.78 Å². The first-order chi connectivity index (χ1) is 5.27. The van der Waals surface area contributed by atoms with Gasteiger partial charge in [-0.1, -0.05) is 0 Å². The van der Waals surface area contributed by atoms with Crippen LogP contribution in [0.15, 0.2) is 12.1 Å². The molecule has 1 aliphatic heterocycles. The van der Waals surface area contributed by atoms with Crippen LogP contribution in [0.4, 0.5) is 0 Å². The molecule has 0 saturated carbocycles. The van der Waals surface area contributed by atoms with Crippen LogP contribution in [0, 0.1) is 6.92 Å². The van der Waals surface area contributed by atoms with Crippen LogP contribution in [0.25, 0.3) is 0 Å². The fourth-order valence-electron chi connectivity index (χ4n) is 1.06. The van der Waals surface area contributed by atoms with E-state index in [1.54, 1.807) is 12.1 Å². The van der Waals surface area contributed by atoms with Crippen LogP contribution in [-0.4, -0.2) is 5.11 Å². The Balaban J connectivity index is 2.57. The molecule has 0 radical (unpaired) electrons. The number of phenolic OH excluding ortho intramolecular Hbond substituents is 1. The van der Waals surface area contributed by atoms with Gasteiger partial charge in [0.2, 0.25) is 0 Å². The maximum Gasteiger partial charge on any atom is 0.171 e. The molecule has 1 heterocycles. The summed E-state index contributed by atoms with van der Waals surface area (Å²) in [6, 6.07) is 3.43. The molecule has 1 aromatic rings. The predicted octanol–water partition coefficient (Wildman–Crippen LogP) is 1.52. The van der Waals surface area contributed by atoms with Gasteiger partial charge >= 0.3 is 0 Å². The first kappa shape index (κ1) is 6.49. The van der Waals surface area contributed by atoms with Gasteiger partial charge in [0.25, 0.3) is 0 Å². The van der Waals surface area contributed by atoms with Crippen molar-refractivity contribution < 1.29 is 14.9 Å². The summed E-state index contributed by atoms with van der Waals surface area (Å²) in [5.41, 5.74) is 1.70. The first-order valence-electron chi connectivity index (χ1n) is 3.39. The standard InChI is InChI=1S/C8H8O3/c1-5-2-8-6(3-7(5)9)4-10-11-8/h2-3,9H,4H2,1H3. The number of hydrogen-bond acceptors (Lipinski definition) is 3. The molecule has 0 fully saturated rings. The van der Waals surface area contributed by atoms with Crippen molar-refractivity contribution in [2.24, 2.45) is 0 Å². The van der Waals surface area contributed by atoms with Gasteiger partial charge in [0.1, 0.15) is 12.4 Å². The third kappa shape index (κ3) is 0.935. The van der Waals surface area contributed by atoms with Crippen LogP contribution in [0.1, 0.15) is 11.1 Å². The van der Waals surface area contributed by atoms with E-state index in [2.05, 4.69) is 0 Å². The lowest BCUT2D eigenvalue weighted by Gasteiger charge is -1.99. The van der Waals surface area contributed by atoms with Crippen LogP contribution in [0.3, 0.4) is 0 Å². The zero-order valence-corrected chi connectivity index (χ0v) is 6.13. The molecular weight excluding hydrogens is 144 g/mol. The van der Waals surface area contributed by atoms with Gasteiger partial charge in [-0.2, -0.15) is 4.89 Å². The van der Waals surface area contributed by atoms with E-state index in [1.165, 1.54) is 0 Å². The fourth-order valence-corrected chi connectivity index (χ4v) is 1.06. The fraction of sp³-hybridized carbons (Fsp3) is 0.250. The summed E-state index contributed by atoms with van der Waals surface area (Å²) in [5, 5.41) is 9.27. The van der Waals surface area contributed by atoms with Crippen LogP contribution < -0.4 is 4.89 Å². The number of aryl methyl sites for hydroxylation is 1. The molecule has 11 heavy (non-hydrogen) atoms. The predicted molar refractivity (Wildman–Crippen MR) is 38.3 cm³/mol. The van der Waals surface area contributed by atoms with Crippen molar-refractivity contribution in [1.29, 1.82) is 0 Å². The van der Waals surface area contributed by atoms with E-state index in [1.807, 2.05) is 6.92 Å². The Morgan fingerprint density at radius 1 is 1.45 bits per heavy atom. The van der Waals surface area contributed by atoms with E-state index in [0.717, 1.165) is 11.1 Å². The number of hydrogen-bond donors (Lipinski definition) is 1. The Hall–Kier alpha value is -1.22. The quantitative estimate of drug-likeness (QED) is 0.573. The van der Waals surface area contributed by atoms with Gasteiger partial charge in [-0.3, -0.25) is 0 Å². The third-order valence-corrected chi connectivity index (χ3v) is 1.74. The van der Waals surface area contributed by atoms with Crippen molar-refractivity contribution in [2.45, 2.75) is 13.5 Å². The monoisotopic (exact) mass is 152 g/mol. The van der Waals surface area contributed by atoms with Gasteiger partial charge < -0.3 is 9.99 Å². The van der Waals surface area contributed by atoms with E-state index >= 15 is 0 Å². The normalized spacial score (nSPS) is 14.3. The Morgan fingerprint density at radius 2 is 2.27 bits per heavy atom. The minimum atomic E-state index is 0.290. The van der Waals surface area contributed by atoms with Crippen molar-refractivity contribution in [2.75, 3.05) is 0 Å². The van der Waals surface area contributed by atoms with Gasteiger partial charge in [0, 0.05) is 5.56 Å². The molecule has 0 atom stereocenters. The Morgan fingerprint density at radius 3 is 3.09 bits per heavy atom. The SMILES string of the molecule is Cc1cc2c(cc1O)COO2. The summed E-state index contributed by atoms with van der Waals surface area (Å²) >= 11 is 0. The van der Waals surface area contributed by atoms with E-state index < -0.39 is 0 Å². The second-order valence-corrected chi connectivity index (χ2v) is 2.59. The molecule has 1 aromatic carbocycles. The molecule has 0 unspecified atom stereocenters. The Bertz CT molecular complexity index is 265. The van der Waals surface area contributed by atoms with Crippen molar-refractivity contribution in [3.63, 3.8) is 0 Å². The average molecular weight is 152 g/mol. The summed E-state index contributed by atoms with van der Waals surface area (Å²) in [5.74, 6) is 0.998. The van der Waals surface area contributed by atoms with Crippen LogP contribution in [0.2, 0.25) is 0 Å². The van der Waals surface area contributed by atoms with Gasteiger partial charge in [-0.25, -0.2) is 0 Å². The molecule has 3 heteroatoms. The van der Waals surface area contributed by atoms with E-state index in [-0.39, 0.29) is 5.75 Å². The molecule has 58 valence electrons. The first-order valence-corrected chi connectivity index (χ1v) is 3.39. The van der Waals surface area contributed by atoms with Crippen LogP contribution in [-0.2, 0) is 11.5 Å². The summed E-state index contributed by atoms with van der Waals surface area (Å²) in [7, 11) is 0. The van der Waals surface area contributed by atoms with Crippen molar-refractivity contribution in [1.82, 2.24) is 0 Å². The Labute approximate surface area is 64.1 Å². The number of phenols is 1. The summed E-state index contributed by atoms with van der Waals surface area (Å²) < 4.78 is 0. The highest BCUT2D eigenvalue weighted by atomic mass is 17.2. The zero-order chi connectivity index (χ0) is 7.84. The highest BCUT2D eigenvalue weighted by molar-refractivity contribution is 5.45. The molecule has 2 rings (SSSR count). The minimum absolute atomic E-state index is 0.290. The number of aromatic hydroxyl groups is 1. The lowest BCUT2D eigenvalue weighted by atomic mass is 10.1. The van der Waals surface area contributed by atoms with Crippen molar-refractivity contribution in [3.05, 3.63) is 23.3 Å².